The summed E-state index contributed by atoms with van der Waals surface area (Å²) in [6.07, 6.45) is 4.67. The van der Waals surface area contributed by atoms with Crippen LogP contribution in [0.1, 0.15) is 6.92 Å². The molecule has 3 heteroatoms. The predicted octanol–water partition coefficient (Wildman–Crippen LogP) is 1.91. The molecule has 13 heavy (non-hydrogen) atoms. The molecule has 0 amide bonds. The maximum atomic E-state index is 4.14. The summed E-state index contributed by atoms with van der Waals surface area (Å²) in [6.45, 7) is 13.2. The average Bonchev–Trinajstić information content (AvgIpc) is 2.09. The van der Waals surface area contributed by atoms with Gasteiger partial charge in [-0.25, -0.2) is 9.98 Å². The first-order chi connectivity index (χ1) is 6.20. The Labute approximate surface area is 79.3 Å². The van der Waals surface area contributed by atoms with E-state index >= 15 is 0 Å². The van der Waals surface area contributed by atoms with Gasteiger partial charge in [0, 0.05) is 6.21 Å². The van der Waals surface area contributed by atoms with Gasteiger partial charge in [-0.15, -0.1) is 0 Å². The molecule has 0 unspecified atom stereocenters. The lowest BCUT2D eigenvalue weighted by Crippen LogP contribution is -2.15. The molecule has 0 atom stereocenters. The minimum absolute atomic E-state index is 0.512. The Morgan fingerprint density at radius 2 is 2.15 bits per heavy atom. The number of aliphatic imine (C=N–C) groups is 2. The van der Waals surface area contributed by atoms with Crippen molar-refractivity contribution in [2.24, 2.45) is 9.98 Å². The van der Waals surface area contributed by atoms with E-state index in [9.17, 15) is 0 Å². The Hall–Kier alpha value is -1.64. The molecule has 3 nitrogen and oxygen atoms in total. The molecule has 0 aliphatic carbocycles. The number of rotatable bonds is 4. The standard InChI is InChI=1S/C10H15N3/c1-5-7-12-10(11-6-2)13-8-9(3)4/h5-7H,1-3,8H2,4H3,(H,11,13). The van der Waals surface area contributed by atoms with Crippen LogP contribution in [-0.2, 0) is 0 Å². The van der Waals surface area contributed by atoms with Crippen LogP contribution in [0.2, 0.25) is 0 Å². The summed E-state index contributed by atoms with van der Waals surface area (Å²) in [4.78, 5) is 8.13. The summed E-state index contributed by atoms with van der Waals surface area (Å²) in [5.41, 5.74) is 0.983. The third-order valence-corrected chi connectivity index (χ3v) is 1.03. The van der Waals surface area contributed by atoms with Crippen LogP contribution in [0.4, 0.5) is 0 Å². The van der Waals surface area contributed by atoms with Gasteiger partial charge in [-0.05, 0) is 13.1 Å². The fourth-order valence-corrected chi connectivity index (χ4v) is 0.548. The molecule has 0 aromatic heterocycles. The molecule has 0 rings (SSSR count). The van der Waals surface area contributed by atoms with Gasteiger partial charge >= 0.3 is 0 Å². The molecule has 0 saturated carbocycles. The highest BCUT2D eigenvalue weighted by Gasteiger charge is 1.89. The zero-order chi connectivity index (χ0) is 10.1. The van der Waals surface area contributed by atoms with Gasteiger partial charge in [0.1, 0.15) is 0 Å². The molecule has 70 valence electrons. The number of guanidine groups is 1. The van der Waals surface area contributed by atoms with E-state index in [0.717, 1.165) is 5.57 Å². The second kappa shape index (κ2) is 7.03. The highest BCUT2D eigenvalue weighted by atomic mass is 15.1. The van der Waals surface area contributed by atoms with Crippen LogP contribution in [0.25, 0.3) is 0 Å². The molecule has 0 aromatic rings. The molecular weight excluding hydrogens is 162 g/mol. The van der Waals surface area contributed by atoms with E-state index in [1.54, 1.807) is 12.3 Å². The van der Waals surface area contributed by atoms with Crippen LogP contribution in [0, 0.1) is 0 Å². The van der Waals surface area contributed by atoms with Gasteiger partial charge < -0.3 is 5.32 Å². The van der Waals surface area contributed by atoms with E-state index in [1.165, 1.54) is 6.20 Å². The van der Waals surface area contributed by atoms with Gasteiger partial charge in [-0.3, -0.25) is 0 Å². The first-order valence-electron chi connectivity index (χ1n) is 3.92. The van der Waals surface area contributed by atoms with Gasteiger partial charge in [0.25, 0.3) is 0 Å². The number of nitrogens with one attached hydrogen (secondary N) is 1. The monoisotopic (exact) mass is 177 g/mol. The zero-order valence-electron chi connectivity index (χ0n) is 7.95. The number of hydrogen-bond donors (Lipinski definition) is 1. The lowest BCUT2D eigenvalue weighted by Gasteiger charge is -1.98. The third kappa shape index (κ3) is 6.75. The molecule has 0 fully saturated rings. The minimum Gasteiger partial charge on any atom is -0.332 e. The summed E-state index contributed by atoms with van der Waals surface area (Å²) in [6, 6.07) is 0. The molecule has 0 aliphatic rings. The van der Waals surface area contributed by atoms with E-state index in [4.69, 9.17) is 0 Å². The maximum Gasteiger partial charge on any atom is 0.222 e. The van der Waals surface area contributed by atoms with Crippen LogP contribution in [0.3, 0.4) is 0 Å². The van der Waals surface area contributed by atoms with Gasteiger partial charge in [0.05, 0.1) is 6.54 Å². The SMILES string of the molecule is C=CC=NC(=NCC(=C)C)NC=C. The molecule has 0 heterocycles. The van der Waals surface area contributed by atoms with Crippen molar-refractivity contribution in [3.63, 3.8) is 0 Å². The Morgan fingerprint density at radius 3 is 2.62 bits per heavy atom. The topological polar surface area (TPSA) is 36.8 Å². The van der Waals surface area contributed by atoms with Crippen molar-refractivity contribution >= 4 is 12.2 Å². The minimum atomic E-state index is 0.512. The highest BCUT2D eigenvalue weighted by Crippen LogP contribution is 1.88. The molecular formula is C10H15N3. The molecule has 0 aliphatic heterocycles. The average molecular weight is 177 g/mol. The van der Waals surface area contributed by atoms with Gasteiger partial charge in [0.15, 0.2) is 0 Å². The van der Waals surface area contributed by atoms with Crippen molar-refractivity contribution in [1.82, 2.24) is 5.32 Å². The fraction of sp³-hybridized carbons (Fsp3) is 0.200. The zero-order valence-corrected chi connectivity index (χ0v) is 7.95. The molecule has 0 bridgehead atoms. The summed E-state index contributed by atoms with van der Waals surface area (Å²) in [7, 11) is 0. The van der Waals surface area contributed by atoms with Crippen molar-refractivity contribution in [3.05, 3.63) is 37.6 Å². The predicted molar refractivity (Wildman–Crippen MR) is 59.1 cm³/mol. The van der Waals surface area contributed by atoms with Crippen LogP contribution < -0.4 is 5.32 Å². The van der Waals surface area contributed by atoms with E-state index in [1.807, 2.05) is 6.92 Å². The largest absolute Gasteiger partial charge is 0.332 e. The van der Waals surface area contributed by atoms with Gasteiger partial charge in [-0.2, -0.15) is 0 Å². The molecule has 0 saturated heterocycles. The van der Waals surface area contributed by atoms with Crippen LogP contribution in [0.15, 0.2) is 47.6 Å². The Balaban J connectivity index is 4.29. The van der Waals surface area contributed by atoms with E-state index in [2.05, 4.69) is 35.0 Å². The Bertz CT molecular complexity index is 249. The van der Waals surface area contributed by atoms with E-state index in [-0.39, 0.29) is 0 Å². The number of allylic oxidation sites excluding steroid dienone is 1. The van der Waals surface area contributed by atoms with Crippen molar-refractivity contribution in [2.45, 2.75) is 6.92 Å². The quantitative estimate of drug-likeness (QED) is 0.397. The number of nitrogens with zero attached hydrogens (tertiary/aromatic N) is 2. The second-order valence-electron chi connectivity index (χ2n) is 2.46. The lowest BCUT2D eigenvalue weighted by molar-refractivity contribution is 1.09. The van der Waals surface area contributed by atoms with Crippen LogP contribution >= 0.6 is 0 Å². The summed E-state index contributed by atoms with van der Waals surface area (Å²) < 4.78 is 0. The van der Waals surface area contributed by atoms with E-state index in [0.29, 0.717) is 12.5 Å². The smallest absolute Gasteiger partial charge is 0.222 e. The second-order valence-corrected chi connectivity index (χ2v) is 2.46. The summed E-state index contributed by atoms with van der Waals surface area (Å²) >= 11 is 0. The van der Waals surface area contributed by atoms with E-state index < -0.39 is 0 Å². The van der Waals surface area contributed by atoms with Crippen molar-refractivity contribution in [3.8, 4) is 0 Å². The van der Waals surface area contributed by atoms with Crippen molar-refractivity contribution < 1.29 is 0 Å². The molecule has 1 N–H and O–H groups in total. The van der Waals surface area contributed by atoms with Crippen molar-refractivity contribution in [1.29, 1.82) is 0 Å². The van der Waals surface area contributed by atoms with Crippen molar-refractivity contribution in [2.75, 3.05) is 6.54 Å². The Morgan fingerprint density at radius 1 is 1.46 bits per heavy atom. The van der Waals surface area contributed by atoms with Gasteiger partial charge in [0.2, 0.25) is 5.96 Å². The van der Waals surface area contributed by atoms with Gasteiger partial charge in [-0.1, -0.05) is 31.4 Å². The maximum absolute atomic E-state index is 4.14. The number of hydrogen-bond acceptors (Lipinski definition) is 1. The molecule has 0 aromatic carbocycles. The first-order valence-corrected chi connectivity index (χ1v) is 3.92. The summed E-state index contributed by atoms with van der Waals surface area (Å²) in [5.74, 6) is 0.512. The fourth-order valence-electron chi connectivity index (χ4n) is 0.548. The van der Waals surface area contributed by atoms with Crippen LogP contribution in [0.5, 0.6) is 0 Å². The third-order valence-electron chi connectivity index (χ3n) is 1.03. The molecule has 0 radical (unpaired) electrons. The molecule has 0 spiro atoms. The normalized spacial score (nSPS) is 11.3. The Kier molecular flexibility index (Phi) is 6.15. The highest BCUT2D eigenvalue weighted by molar-refractivity contribution is 5.91. The van der Waals surface area contributed by atoms with Crippen LogP contribution in [-0.4, -0.2) is 18.7 Å². The summed E-state index contributed by atoms with van der Waals surface area (Å²) in [5, 5.41) is 2.80. The lowest BCUT2D eigenvalue weighted by atomic mass is 10.4. The first kappa shape index (κ1) is 11.4.